The summed E-state index contributed by atoms with van der Waals surface area (Å²) in [5.74, 6) is 1.17. The number of carbonyl (C=O) groups excluding carboxylic acids is 1. The molecule has 0 aliphatic carbocycles. The van der Waals surface area contributed by atoms with Crippen molar-refractivity contribution in [3.63, 3.8) is 0 Å². The number of ether oxygens (including phenoxy) is 1. The van der Waals surface area contributed by atoms with Crippen molar-refractivity contribution < 1.29 is 9.53 Å². The molecule has 2 aliphatic heterocycles. The Bertz CT molecular complexity index is 577. The molecule has 1 saturated heterocycles. The second kappa shape index (κ2) is 5.36. The van der Waals surface area contributed by atoms with Gasteiger partial charge < -0.3 is 9.64 Å². The van der Waals surface area contributed by atoms with Crippen LogP contribution in [0.2, 0.25) is 0 Å². The van der Waals surface area contributed by atoms with E-state index in [1.165, 1.54) is 0 Å². The first-order valence-electron chi connectivity index (χ1n) is 6.81. The molecule has 1 aromatic rings. The molecule has 0 amide bonds. The summed E-state index contributed by atoms with van der Waals surface area (Å²) in [5.41, 5.74) is 1.77. The van der Waals surface area contributed by atoms with Crippen LogP contribution in [0.25, 0.3) is 0 Å². The highest BCUT2D eigenvalue weighted by Crippen LogP contribution is 2.34. The van der Waals surface area contributed by atoms with Crippen LogP contribution >= 0.6 is 11.3 Å². The van der Waals surface area contributed by atoms with Crippen LogP contribution in [0.3, 0.4) is 0 Å². The summed E-state index contributed by atoms with van der Waals surface area (Å²) in [6.45, 7) is 5.69. The highest BCUT2D eigenvalue weighted by atomic mass is 32.1. The Labute approximate surface area is 122 Å². The van der Waals surface area contributed by atoms with E-state index in [2.05, 4.69) is 21.8 Å². The number of hydrogen-bond donors (Lipinski definition) is 0. The Hall–Kier alpha value is -1.69. The SMILES string of the molecule is CCOC(=O)C1=C2CC(C)CN2C(c2nccs2)=NC1. The number of aromatic nitrogens is 1. The molecule has 1 fully saturated rings. The zero-order valence-electron chi connectivity index (χ0n) is 11.6. The van der Waals surface area contributed by atoms with E-state index in [0.29, 0.717) is 24.6 Å². The highest BCUT2D eigenvalue weighted by Gasteiger charge is 2.35. The van der Waals surface area contributed by atoms with Crippen molar-refractivity contribution in [1.82, 2.24) is 9.88 Å². The summed E-state index contributed by atoms with van der Waals surface area (Å²) in [5, 5.41) is 2.86. The second-order valence-electron chi connectivity index (χ2n) is 5.04. The normalized spacial score (nSPS) is 21.8. The van der Waals surface area contributed by atoms with Gasteiger partial charge in [-0.05, 0) is 19.3 Å². The number of amidine groups is 1. The number of thiazole rings is 1. The summed E-state index contributed by atoms with van der Waals surface area (Å²) >= 11 is 1.58. The second-order valence-corrected chi connectivity index (χ2v) is 5.94. The summed E-state index contributed by atoms with van der Waals surface area (Å²) in [6.07, 6.45) is 2.69. The molecule has 1 unspecified atom stereocenters. The fraction of sp³-hybridized carbons (Fsp3) is 0.500. The van der Waals surface area contributed by atoms with Crippen LogP contribution < -0.4 is 0 Å². The molecular formula is C14H17N3O2S. The lowest BCUT2D eigenvalue weighted by molar-refractivity contribution is -0.138. The third kappa shape index (κ3) is 2.24. The third-order valence-electron chi connectivity index (χ3n) is 3.50. The number of esters is 1. The minimum atomic E-state index is -0.233. The van der Waals surface area contributed by atoms with Crippen molar-refractivity contribution in [2.75, 3.05) is 19.7 Å². The van der Waals surface area contributed by atoms with E-state index in [9.17, 15) is 4.79 Å². The van der Waals surface area contributed by atoms with Crippen molar-refractivity contribution in [2.24, 2.45) is 10.9 Å². The minimum absolute atomic E-state index is 0.233. The van der Waals surface area contributed by atoms with Gasteiger partial charge in [0.15, 0.2) is 10.8 Å². The van der Waals surface area contributed by atoms with Crippen LogP contribution in [-0.4, -0.2) is 41.4 Å². The molecule has 5 nitrogen and oxygen atoms in total. The van der Waals surface area contributed by atoms with Crippen molar-refractivity contribution in [2.45, 2.75) is 20.3 Å². The molecule has 0 N–H and O–H groups in total. The lowest BCUT2D eigenvalue weighted by Crippen LogP contribution is -2.34. The molecule has 0 saturated carbocycles. The topological polar surface area (TPSA) is 54.8 Å². The predicted octanol–water partition coefficient (Wildman–Crippen LogP) is 2.06. The molecule has 3 rings (SSSR count). The predicted molar refractivity (Wildman–Crippen MR) is 77.7 cm³/mol. The van der Waals surface area contributed by atoms with Gasteiger partial charge in [0.05, 0.1) is 18.7 Å². The monoisotopic (exact) mass is 291 g/mol. The fourth-order valence-electron chi connectivity index (χ4n) is 2.68. The lowest BCUT2D eigenvalue weighted by atomic mass is 10.1. The number of fused-ring (bicyclic) bond motifs is 1. The summed E-state index contributed by atoms with van der Waals surface area (Å²) < 4.78 is 5.14. The Balaban J connectivity index is 1.94. The van der Waals surface area contributed by atoms with Crippen molar-refractivity contribution in [3.8, 4) is 0 Å². The van der Waals surface area contributed by atoms with Crippen LogP contribution in [-0.2, 0) is 9.53 Å². The molecule has 0 aromatic carbocycles. The van der Waals surface area contributed by atoms with Gasteiger partial charge in [-0.1, -0.05) is 6.92 Å². The van der Waals surface area contributed by atoms with E-state index in [1.54, 1.807) is 17.5 Å². The molecule has 0 spiro atoms. The molecule has 0 radical (unpaired) electrons. The van der Waals surface area contributed by atoms with Gasteiger partial charge >= 0.3 is 5.97 Å². The summed E-state index contributed by atoms with van der Waals surface area (Å²) in [7, 11) is 0. The van der Waals surface area contributed by atoms with Gasteiger partial charge in [-0.2, -0.15) is 0 Å². The average Bonchev–Trinajstić information content (AvgIpc) is 3.05. The molecule has 1 atom stereocenters. The Morgan fingerprint density at radius 1 is 1.60 bits per heavy atom. The Morgan fingerprint density at radius 3 is 3.15 bits per heavy atom. The molecule has 1 aromatic heterocycles. The van der Waals surface area contributed by atoms with Gasteiger partial charge in [0.25, 0.3) is 0 Å². The van der Waals surface area contributed by atoms with E-state index in [1.807, 2.05) is 12.3 Å². The molecule has 20 heavy (non-hydrogen) atoms. The van der Waals surface area contributed by atoms with Crippen LogP contribution in [0.15, 0.2) is 27.8 Å². The summed E-state index contributed by atoms with van der Waals surface area (Å²) in [6, 6.07) is 0. The van der Waals surface area contributed by atoms with Crippen LogP contribution in [0.4, 0.5) is 0 Å². The molecule has 3 heterocycles. The van der Waals surface area contributed by atoms with E-state index < -0.39 is 0 Å². The van der Waals surface area contributed by atoms with Gasteiger partial charge in [0, 0.05) is 23.8 Å². The maximum Gasteiger partial charge on any atom is 0.337 e. The zero-order valence-corrected chi connectivity index (χ0v) is 12.4. The number of allylic oxidation sites excluding steroid dienone is 1. The third-order valence-corrected chi connectivity index (χ3v) is 4.27. The fourth-order valence-corrected chi connectivity index (χ4v) is 3.33. The first-order valence-corrected chi connectivity index (χ1v) is 7.69. The first kappa shape index (κ1) is 13.3. The van der Waals surface area contributed by atoms with Gasteiger partial charge in [-0.15, -0.1) is 11.3 Å². The van der Waals surface area contributed by atoms with Crippen molar-refractivity contribution >= 4 is 23.1 Å². The zero-order chi connectivity index (χ0) is 14.1. The molecule has 0 bridgehead atoms. The lowest BCUT2D eigenvalue weighted by Gasteiger charge is -2.26. The van der Waals surface area contributed by atoms with Crippen LogP contribution in [0.5, 0.6) is 0 Å². The molecule has 106 valence electrons. The van der Waals surface area contributed by atoms with Crippen molar-refractivity contribution in [1.29, 1.82) is 0 Å². The van der Waals surface area contributed by atoms with Gasteiger partial charge in [-0.25, -0.2) is 9.78 Å². The minimum Gasteiger partial charge on any atom is -0.463 e. The van der Waals surface area contributed by atoms with Gasteiger partial charge in [0.1, 0.15) is 0 Å². The van der Waals surface area contributed by atoms with Crippen LogP contribution in [0, 0.1) is 5.92 Å². The number of rotatable bonds is 3. The highest BCUT2D eigenvalue weighted by molar-refractivity contribution is 7.11. The van der Waals surface area contributed by atoms with E-state index >= 15 is 0 Å². The van der Waals surface area contributed by atoms with E-state index in [4.69, 9.17) is 4.74 Å². The number of aliphatic imine (C=N–C) groups is 1. The standard InChI is InChI=1S/C14H17N3O2S/c1-3-19-14(18)10-7-16-12(13-15-4-5-20-13)17-8-9(2)6-11(10)17/h4-5,9H,3,6-8H2,1-2H3. The first-order chi connectivity index (χ1) is 9.70. The quantitative estimate of drug-likeness (QED) is 0.800. The Kier molecular flexibility index (Phi) is 3.56. The van der Waals surface area contributed by atoms with E-state index in [0.717, 1.165) is 29.5 Å². The number of nitrogens with zero attached hydrogens (tertiary/aromatic N) is 3. The average molecular weight is 291 g/mol. The molecule has 6 heteroatoms. The number of hydrogen-bond acceptors (Lipinski definition) is 6. The van der Waals surface area contributed by atoms with Crippen molar-refractivity contribution in [3.05, 3.63) is 27.9 Å². The molecule has 2 aliphatic rings. The largest absolute Gasteiger partial charge is 0.463 e. The van der Waals surface area contributed by atoms with Gasteiger partial charge in [-0.3, -0.25) is 4.99 Å². The van der Waals surface area contributed by atoms with E-state index in [-0.39, 0.29) is 5.97 Å². The van der Waals surface area contributed by atoms with Crippen LogP contribution in [0.1, 0.15) is 25.3 Å². The molecular weight excluding hydrogens is 274 g/mol. The van der Waals surface area contributed by atoms with Gasteiger partial charge in [0.2, 0.25) is 0 Å². The maximum atomic E-state index is 12.1. The summed E-state index contributed by atoms with van der Waals surface area (Å²) in [4.78, 5) is 23.1. The maximum absolute atomic E-state index is 12.1. The Morgan fingerprint density at radius 2 is 2.45 bits per heavy atom. The smallest absolute Gasteiger partial charge is 0.337 e. The number of carbonyl (C=O) groups is 1.